The molecule has 2 N–H and O–H groups in total. The van der Waals surface area contributed by atoms with Gasteiger partial charge in [0, 0.05) is 43.9 Å². The highest BCUT2D eigenvalue weighted by atomic mass is 16.9. The van der Waals surface area contributed by atoms with E-state index in [1.165, 1.54) is 6.92 Å². The number of ether oxygens (including phenoxy) is 7. The Morgan fingerprint density at radius 2 is 1.74 bits per heavy atom. The molecule has 8 aliphatic rings. The number of esters is 2. The minimum Gasteiger partial charge on any atom is -0.459 e. The summed E-state index contributed by atoms with van der Waals surface area (Å²) in [4.78, 5) is 26.9. The van der Waals surface area contributed by atoms with Gasteiger partial charge in [-0.15, -0.1) is 0 Å². The third kappa shape index (κ3) is 3.07. The van der Waals surface area contributed by atoms with E-state index in [1.54, 1.807) is 6.92 Å². The summed E-state index contributed by atoms with van der Waals surface area (Å²) in [5, 5.41) is 23.2. The fourth-order valence-corrected chi connectivity index (χ4v) is 11.1. The van der Waals surface area contributed by atoms with Crippen molar-refractivity contribution in [2.75, 3.05) is 6.61 Å². The number of epoxide rings is 1. The number of hydrogen-bond acceptors (Lipinski definition) is 11. The van der Waals surface area contributed by atoms with Gasteiger partial charge in [-0.05, 0) is 24.8 Å². The quantitative estimate of drug-likeness (QED) is 0.279. The van der Waals surface area contributed by atoms with E-state index in [2.05, 4.69) is 13.5 Å². The molecule has 2 saturated carbocycles. The van der Waals surface area contributed by atoms with Crippen LogP contribution in [0.1, 0.15) is 79.6 Å². The molecule has 11 heteroatoms. The van der Waals surface area contributed by atoms with Crippen molar-refractivity contribution in [3.05, 3.63) is 12.2 Å². The van der Waals surface area contributed by atoms with Crippen molar-refractivity contribution in [1.29, 1.82) is 0 Å². The third-order valence-electron chi connectivity index (χ3n) is 12.6. The normalized spacial score (nSPS) is 59.2. The molecular formula is C32H44O11. The fraction of sp³-hybridized carbons (Fsp3) is 0.875. The molecule has 43 heavy (non-hydrogen) atoms. The van der Waals surface area contributed by atoms with Crippen molar-refractivity contribution in [3.8, 4) is 0 Å². The van der Waals surface area contributed by atoms with Crippen molar-refractivity contribution in [2.24, 2.45) is 29.6 Å². The summed E-state index contributed by atoms with van der Waals surface area (Å²) in [6.45, 7) is 12.9. The first-order valence-corrected chi connectivity index (χ1v) is 16.1. The standard InChI is InChI=1S/C32H44O11/c1-15(2)30-22(37-18(5)34)17(4)31-20-23-28(14-33,38-23)25(35)32-21(31)19(27(6,41-32)40-26(32)36)16(3)12-10-8-7-9-11-13-29(42-30,43-31)39-24(20)30/h16-17,19-25,33,35H,1,7-14H2,2-6H3/t16-,17+,19+,20-,21-,22+,23-,24+,25+,27-,28-,29+,30-,31+,32-/m0/s1. The van der Waals surface area contributed by atoms with Crippen LogP contribution in [0.4, 0.5) is 0 Å². The lowest BCUT2D eigenvalue weighted by atomic mass is 9.49. The summed E-state index contributed by atoms with van der Waals surface area (Å²) in [5.41, 5.74) is -5.36. The zero-order chi connectivity index (χ0) is 30.5. The molecule has 6 aliphatic heterocycles. The number of aliphatic hydroxyl groups is 2. The van der Waals surface area contributed by atoms with Crippen LogP contribution in [0.5, 0.6) is 0 Å². The van der Waals surface area contributed by atoms with Gasteiger partial charge in [-0.3, -0.25) is 4.79 Å². The fourth-order valence-electron chi connectivity index (χ4n) is 11.1. The van der Waals surface area contributed by atoms with E-state index in [1.807, 2.05) is 13.8 Å². The second-order valence-electron chi connectivity index (χ2n) is 14.8. The molecule has 6 saturated heterocycles. The van der Waals surface area contributed by atoms with Crippen LogP contribution in [-0.2, 0) is 42.7 Å². The Kier molecular flexibility index (Phi) is 5.77. The van der Waals surface area contributed by atoms with Crippen LogP contribution in [0, 0.1) is 29.6 Å². The van der Waals surface area contributed by atoms with Crippen molar-refractivity contribution in [2.45, 2.75) is 138 Å². The summed E-state index contributed by atoms with van der Waals surface area (Å²) >= 11 is 0. The summed E-state index contributed by atoms with van der Waals surface area (Å²) < 4.78 is 46.5. The molecule has 238 valence electrons. The molecule has 3 spiro atoms. The van der Waals surface area contributed by atoms with Gasteiger partial charge in [-0.25, -0.2) is 4.79 Å². The molecule has 0 radical (unpaired) electrons. The lowest BCUT2D eigenvalue weighted by molar-refractivity contribution is -0.436. The van der Waals surface area contributed by atoms with Crippen LogP contribution >= 0.6 is 0 Å². The predicted molar refractivity (Wildman–Crippen MR) is 146 cm³/mol. The molecule has 0 unspecified atom stereocenters. The maximum atomic E-state index is 14.2. The van der Waals surface area contributed by atoms with Gasteiger partial charge in [0.05, 0.1) is 12.2 Å². The molecule has 0 aromatic heterocycles. The van der Waals surface area contributed by atoms with Crippen molar-refractivity contribution in [1.82, 2.24) is 0 Å². The molecule has 8 rings (SSSR count). The van der Waals surface area contributed by atoms with Crippen molar-refractivity contribution < 1.29 is 53.0 Å². The highest BCUT2D eigenvalue weighted by Gasteiger charge is 2.95. The Morgan fingerprint density at radius 3 is 2.44 bits per heavy atom. The Morgan fingerprint density at radius 1 is 1.02 bits per heavy atom. The maximum Gasteiger partial charge on any atom is 0.344 e. The second-order valence-corrected chi connectivity index (χ2v) is 14.8. The number of fused-ring (bicyclic) bond motifs is 3. The molecular weight excluding hydrogens is 560 g/mol. The van der Waals surface area contributed by atoms with Crippen LogP contribution in [0.2, 0.25) is 0 Å². The van der Waals surface area contributed by atoms with Gasteiger partial charge in [0.2, 0.25) is 11.4 Å². The number of carbonyl (C=O) groups excluding carboxylic acids is 2. The Labute approximate surface area is 251 Å². The Hall–Kier alpha value is -1.60. The zero-order valence-corrected chi connectivity index (χ0v) is 25.6. The Balaban J connectivity index is 1.45. The summed E-state index contributed by atoms with van der Waals surface area (Å²) in [6.07, 6.45) is 2.20. The van der Waals surface area contributed by atoms with E-state index in [9.17, 15) is 19.8 Å². The first-order valence-electron chi connectivity index (χ1n) is 16.1. The SMILES string of the molecule is C=C(C)[C@@]12O[C@@]34CCCCCCC[C@H](C)[C@@H]5[C@@H]6[C@]7(O[C@]5(C)OC7=O)[C@H](O)[C@@]5(CO)O[C@H]5[C@@H]([C@H]1O3)[C@]6(O4)[C@H](C)[C@H]2OC(C)=O. The maximum absolute atomic E-state index is 14.2. The van der Waals surface area contributed by atoms with Crippen LogP contribution in [0.25, 0.3) is 0 Å². The van der Waals surface area contributed by atoms with Gasteiger partial charge in [0.25, 0.3) is 5.97 Å². The summed E-state index contributed by atoms with van der Waals surface area (Å²) in [6, 6.07) is 0. The largest absolute Gasteiger partial charge is 0.459 e. The zero-order valence-electron chi connectivity index (χ0n) is 25.6. The van der Waals surface area contributed by atoms with E-state index in [4.69, 9.17) is 33.2 Å². The first-order chi connectivity index (χ1) is 20.3. The van der Waals surface area contributed by atoms with E-state index in [-0.39, 0.29) is 11.8 Å². The van der Waals surface area contributed by atoms with E-state index >= 15 is 0 Å². The topological polar surface area (TPSA) is 143 Å². The van der Waals surface area contributed by atoms with Crippen molar-refractivity contribution in [3.63, 3.8) is 0 Å². The van der Waals surface area contributed by atoms with E-state index in [0.29, 0.717) is 12.0 Å². The molecule has 15 atom stereocenters. The molecule has 0 aromatic carbocycles. The molecule has 8 fully saturated rings. The number of rotatable bonds is 3. The van der Waals surface area contributed by atoms with Gasteiger partial charge in [0.1, 0.15) is 30.0 Å². The molecule has 2 aliphatic carbocycles. The lowest BCUT2D eigenvalue weighted by Gasteiger charge is -2.63. The van der Waals surface area contributed by atoms with Gasteiger partial charge < -0.3 is 43.4 Å². The van der Waals surface area contributed by atoms with Gasteiger partial charge >= 0.3 is 11.9 Å². The smallest absolute Gasteiger partial charge is 0.344 e. The number of aliphatic hydroxyl groups excluding tert-OH is 2. The first kappa shape index (κ1) is 28.8. The minimum atomic E-state index is -1.89. The highest BCUT2D eigenvalue weighted by molar-refractivity contribution is 5.86. The molecule has 0 aromatic rings. The van der Waals surface area contributed by atoms with Gasteiger partial charge in [0.15, 0.2) is 5.60 Å². The van der Waals surface area contributed by atoms with Crippen LogP contribution in [-0.4, -0.2) is 87.3 Å². The number of hydrogen-bond donors (Lipinski definition) is 2. The third-order valence-corrected chi connectivity index (χ3v) is 12.6. The second kappa shape index (κ2) is 8.60. The van der Waals surface area contributed by atoms with Crippen LogP contribution in [0.3, 0.4) is 0 Å². The Bertz CT molecular complexity index is 1290. The van der Waals surface area contributed by atoms with Crippen LogP contribution < -0.4 is 0 Å². The van der Waals surface area contributed by atoms with Crippen LogP contribution in [0.15, 0.2) is 12.2 Å². The van der Waals surface area contributed by atoms with E-state index in [0.717, 1.165) is 38.5 Å². The summed E-state index contributed by atoms with van der Waals surface area (Å²) in [7, 11) is 0. The average Bonchev–Trinajstić information content (AvgIpc) is 3.43. The molecule has 5 bridgehead atoms. The van der Waals surface area contributed by atoms with E-state index < -0.39 is 94.9 Å². The summed E-state index contributed by atoms with van der Waals surface area (Å²) in [5.74, 6) is -6.35. The molecule has 6 heterocycles. The minimum absolute atomic E-state index is 0.0153. The monoisotopic (exact) mass is 604 g/mol. The number of carbonyl (C=O) groups is 2. The average molecular weight is 605 g/mol. The van der Waals surface area contributed by atoms with Gasteiger partial charge in [-0.2, -0.15) is 0 Å². The van der Waals surface area contributed by atoms with Crippen molar-refractivity contribution >= 4 is 11.9 Å². The molecule has 11 nitrogen and oxygen atoms in total. The highest BCUT2D eigenvalue weighted by Crippen LogP contribution is 2.77. The lowest BCUT2D eigenvalue weighted by Crippen LogP contribution is -2.78. The predicted octanol–water partition coefficient (Wildman–Crippen LogP) is 2.50. The van der Waals surface area contributed by atoms with Gasteiger partial charge in [-0.1, -0.05) is 52.5 Å². The molecule has 0 amide bonds.